The van der Waals surface area contributed by atoms with Gasteiger partial charge in [-0.2, -0.15) is 0 Å². The molecule has 3 rings (SSSR count). The number of imidazole rings is 1. The Bertz CT molecular complexity index is 859. The van der Waals surface area contributed by atoms with Crippen LogP contribution in [0.2, 0.25) is 5.02 Å². The van der Waals surface area contributed by atoms with Crippen LogP contribution in [-0.4, -0.2) is 27.5 Å². The Labute approximate surface area is 136 Å². The molecule has 0 bridgehead atoms. The molecule has 0 aliphatic rings. The number of aromatic nitrogens is 3. The zero-order chi connectivity index (χ0) is 16.4. The van der Waals surface area contributed by atoms with Crippen molar-refractivity contribution in [1.29, 1.82) is 0 Å². The number of urea groups is 1. The number of carbonyl (C=O) groups is 1. The lowest BCUT2D eigenvalue weighted by Gasteiger charge is -2.04. The molecule has 0 aliphatic heterocycles. The molecule has 0 spiro atoms. The number of rotatable bonds is 3. The van der Waals surface area contributed by atoms with Crippen LogP contribution in [0, 0.1) is 5.82 Å². The van der Waals surface area contributed by atoms with Crippen molar-refractivity contribution in [2.45, 2.75) is 6.92 Å². The predicted octanol–water partition coefficient (Wildman–Crippen LogP) is 3.56. The lowest BCUT2D eigenvalue weighted by molar-refractivity contribution is 0.252. The van der Waals surface area contributed by atoms with Gasteiger partial charge >= 0.3 is 6.03 Å². The summed E-state index contributed by atoms with van der Waals surface area (Å²) >= 11 is 6.06. The molecule has 1 aromatic carbocycles. The number of aromatic amines is 1. The van der Waals surface area contributed by atoms with Crippen molar-refractivity contribution in [3.63, 3.8) is 0 Å². The lowest BCUT2D eigenvalue weighted by atomic mass is 10.2. The van der Waals surface area contributed by atoms with Crippen molar-refractivity contribution in [2.24, 2.45) is 0 Å². The van der Waals surface area contributed by atoms with Gasteiger partial charge in [0, 0.05) is 12.7 Å². The summed E-state index contributed by atoms with van der Waals surface area (Å²) in [6, 6.07) is 5.71. The maximum absolute atomic E-state index is 14.0. The van der Waals surface area contributed by atoms with Crippen molar-refractivity contribution < 1.29 is 9.18 Å². The maximum atomic E-state index is 14.0. The normalized spacial score (nSPS) is 10.7. The van der Waals surface area contributed by atoms with E-state index in [4.69, 9.17) is 11.6 Å². The van der Waals surface area contributed by atoms with Crippen LogP contribution in [0.3, 0.4) is 0 Å². The highest BCUT2D eigenvalue weighted by molar-refractivity contribution is 6.33. The zero-order valence-electron chi connectivity index (χ0n) is 12.2. The average Bonchev–Trinajstić information content (AvgIpc) is 2.92. The minimum Gasteiger partial charge on any atom is -0.338 e. The minimum atomic E-state index is -0.484. The van der Waals surface area contributed by atoms with Gasteiger partial charge in [0.1, 0.15) is 17.2 Å². The SMILES string of the molecule is CCNC(=O)Nc1nccc2[nH]c(-c3c(F)cccc3Cl)nc12. The van der Waals surface area contributed by atoms with E-state index in [1.54, 1.807) is 19.1 Å². The summed E-state index contributed by atoms with van der Waals surface area (Å²) in [6.45, 7) is 2.29. The van der Waals surface area contributed by atoms with E-state index in [1.807, 2.05) is 0 Å². The third kappa shape index (κ3) is 2.95. The Morgan fingerprint density at radius 3 is 2.96 bits per heavy atom. The second kappa shape index (κ2) is 6.21. The third-order valence-electron chi connectivity index (χ3n) is 3.17. The van der Waals surface area contributed by atoms with E-state index in [0.717, 1.165) is 0 Å². The van der Waals surface area contributed by atoms with Gasteiger partial charge in [0.25, 0.3) is 0 Å². The Hall–Kier alpha value is -2.67. The summed E-state index contributed by atoms with van der Waals surface area (Å²) in [5.41, 5.74) is 1.21. The third-order valence-corrected chi connectivity index (χ3v) is 3.48. The molecule has 0 unspecified atom stereocenters. The number of hydrogen-bond donors (Lipinski definition) is 3. The van der Waals surface area contributed by atoms with Crippen LogP contribution in [-0.2, 0) is 0 Å². The molecule has 118 valence electrons. The van der Waals surface area contributed by atoms with Gasteiger partial charge in [-0.1, -0.05) is 17.7 Å². The molecule has 2 heterocycles. The van der Waals surface area contributed by atoms with Crippen LogP contribution in [0.15, 0.2) is 30.5 Å². The van der Waals surface area contributed by atoms with Crippen molar-refractivity contribution in [2.75, 3.05) is 11.9 Å². The van der Waals surface area contributed by atoms with Crippen molar-refractivity contribution in [1.82, 2.24) is 20.3 Å². The first kappa shape index (κ1) is 15.2. The molecule has 3 N–H and O–H groups in total. The molecule has 0 saturated carbocycles. The van der Waals surface area contributed by atoms with Crippen LogP contribution in [0.5, 0.6) is 0 Å². The van der Waals surface area contributed by atoms with Crippen molar-refractivity contribution in [3.05, 3.63) is 41.3 Å². The van der Waals surface area contributed by atoms with E-state index in [9.17, 15) is 9.18 Å². The van der Waals surface area contributed by atoms with Gasteiger partial charge in [0.15, 0.2) is 5.82 Å². The second-order valence-electron chi connectivity index (χ2n) is 4.72. The number of nitrogens with one attached hydrogen (secondary N) is 3. The summed E-state index contributed by atoms with van der Waals surface area (Å²) in [4.78, 5) is 23.1. The van der Waals surface area contributed by atoms with E-state index >= 15 is 0 Å². The Balaban J connectivity index is 2.07. The van der Waals surface area contributed by atoms with Crippen LogP contribution in [0.25, 0.3) is 22.4 Å². The molecule has 3 aromatic rings. The number of fused-ring (bicyclic) bond motifs is 1. The lowest BCUT2D eigenvalue weighted by Crippen LogP contribution is -2.28. The quantitative estimate of drug-likeness (QED) is 0.685. The summed E-state index contributed by atoms with van der Waals surface area (Å²) in [5.74, 6) is 0.0706. The smallest absolute Gasteiger partial charge is 0.320 e. The molecular formula is C15H13ClFN5O. The first-order chi connectivity index (χ1) is 11.1. The Morgan fingerprint density at radius 1 is 1.39 bits per heavy atom. The molecular weight excluding hydrogens is 321 g/mol. The molecule has 0 aliphatic carbocycles. The number of H-pyrrole nitrogens is 1. The maximum Gasteiger partial charge on any atom is 0.320 e. The zero-order valence-corrected chi connectivity index (χ0v) is 12.9. The summed E-state index contributed by atoms with van der Waals surface area (Å²) < 4.78 is 14.0. The Morgan fingerprint density at radius 2 is 2.22 bits per heavy atom. The van der Waals surface area contributed by atoms with Gasteiger partial charge in [-0.05, 0) is 25.1 Å². The van der Waals surface area contributed by atoms with Crippen LogP contribution < -0.4 is 10.6 Å². The first-order valence-electron chi connectivity index (χ1n) is 6.94. The van der Waals surface area contributed by atoms with Gasteiger partial charge in [0.05, 0.1) is 16.1 Å². The van der Waals surface area contributed by atoms with Gasteiger partial charge in [0.2, 0.25) is 0 Å². The molecule has 2 aromatic heterocycles. The number of halogens is 2. The van der Waals surface area contributed by atoms with Gasteiger partial charge in [-0.25, -0.2) is 19.2 Å². The molecule has 6 nitrogen and oxygen atoms in total. The molecule has 0 fully saturated rings. The molecule has 8 heteroatoms. The average molecular weight is 334 g/mol. The topological polar surface area (TPSA) is 82.7 Å². The van der Waals surface area contributed by atoms with Gasteiger partial charge < -0.3 is 10.3 Å². The predicted molar refractivity (Wildman–Crippen MR) is 87.0 cm³/mol. The molecule has 2 amide bonds. The molecule has 0 radical (unpaired) electrons. The summed E-state index contributed by atoms with van der Waals surface area (Å²) in [6.07, 6.45) is 1.52. The van der Waals surface area contributed by atoms with E-state index in [-0.39, 0.29) is 28.3 Å². The number of amides is 2. The summed E-state index contributed by atoms with van der Waals surface area (Å²) in [5, 5.41) is 5.46. The van der Waals surface area contributed by atoms with Gasteiger partial charge in [-0.3, -0.25) is 5.32 Å². The minimum absolute atomic E-state index is 0.175. The molecule has 0 saturated heterocycles. The fourth-order valence-electron chi connectivity index (χ4n) is 2.18. The first-order valence-corrected chi connectivity index (χ1v) is 7.32. The number of anilines is 1. The van der Waals surface area contributed by atoms with Crippen molar-refractivity contribution in [3.8, 4) is 11.4 Å². The number of nitrogens with zero attached hydrogens (tertiary/aromatic N) is 2. The van der Waals surface area contributed by atoms with Crippen LogP contribution >= 0.6 is 11.6 Å². The van der Waals surface area contributed by atoms with Crippen LogP contribution in [0.4, 0.5) is 15.0 Å². The number of hydrogen-bond acceptors (Lipinski definition) is 3. The molecule has 23 heavy (non-hydrogen) atoms. The summed E-state index contributed by atoms with van der Waals surface area (Å²) in [7, 11) is 0. The largest absolute Gasteiger partial charge is 0.338 e. The highest BCUT2D eigenvalue weighted by Crippen LogP contribution is 2.31. The second-order valence-corrected chi connectivity index (χ2v) is 5.13. The van der Waals surface area contributed by atoms with E-state index in [1.165, 1.54) is 18.3 Å². The fraction of sp³-hybridized carbons (Fsp3) is 0.133. The fourth-order valence-corrected chi connectivity index (χ4v) is 2.43. The van der Waals surface area contributed by atoms with E-state index < -0.39 is 5.82 Å². The van der Waals surface area contributed by atoms with E-state index in [0.29, 0.717) is 17.6 Å². The monoisotopic (exact) mass is 333 g/mol. The highest BCUT2D eigenvalue weighted by Gasteiger charge is 2.16. The van der Waals surface area contributed by atoms with E-state index in [2.05, 4.69) is 25.6 Å². The van der Waals surface area contributed by atoms with Gasteiger partial charge in [-0.15, -0.1) is 0 Å². The highest BCUT2D eigenvalue weighted by atomic mass is 35.5. The van der Waals surface area contributed by atoms with Crippen molar-refractivity contribution >= 4 is 34.5 Å². The number of carbonyl (C=O) groups excluding carboxylic acids is 1. The Kier molecular flexibility index (Phi) is 4.12. The van der Waals surface area contributed by atoms with Crippen LogP contribution in [0.1, 0.15) is 6.92 Å². The number of benzene rings is 1. The molecule has 0 atom stereocenters. The standard InChI is InChI=1S/C15H13ClFN5O/c1-2-18-15(23)22-14-12-10(6-7-19-14)20-13(21-12)11-8(16)4-3-5-9(11)17/h3-7H,2H2,1H3,(H,20,21)(H2,18,19,22,23). The number of pyridine rings is 1.